The minimum Gasteiger partial charge on any atom is -0.367 e. The van der Waals surface area contributed by atoms with E-state index in [9.17, 15) is 13.2 Å². The van der Waals surface area contributed by atoms with Crippen LogP contribution < -0.4 is 10.2 Å². The molecule has 3 aromatic heterocycles. The number of halogens is 3. The summed E-state index contributed by atoms with van der Waals surface area (Å²) in [6, 6.07) is 4.10. The molecule has 1 fully saturated rings. The number of piperidine rings is 1. The lowest BCUT2D eigenvalue weighted by atomic mass is 10.1. The number of nitrogens with one attached hydrogen (secondary N) is 1. The summed E-state index contributed by atoms with van der Waals surface area (Å²) in [6.45, 7) is 1.53. The maximum absolute atomic E-state index is 13.4. The van der Waals surface area contributed by atoms with E-state index in [1.54, 1.807) is 23.0 Å². The van der Waals surface area contributed by atoms with E-state index in [2.05, 4.69) is 30.3 Å². The highest BCUT2D eigenvalue weighted by molar-refractivity contribution is 5.57. The van der Waals surface area contributed by atoms with Crippen LogP contribution in [0, 0.1) is 0 Å². The Hall–Kier alpha value is -3.17. The van der Waals surface area contributed by atoms with Crippen LogP contribution >= 0.6 is 0 Å². The van der Waals surface area contributed by atoms with Crippen LogP contribution in [0.4, 0.5) is 24.7 Å². The van der Waals surface area contributed by atoms with Crippen LogP contribution in [0.5, 0.6) is 0 Å². The van der Waals surface area contributed by atoms with Gasteiger partial charge < -0.3 is 10.2 Å². The topological polar surface area (TPSA) is 71.8 Å². The summed E-state index contributed by atoms with van der Waals surface area (Å²) >= 11 is 0. The second-order valence-electron chi connectivity index (χ2n) is 7.00. The molecule has 4 rings (SSSR count). The van der Waals surface area contributed by atoms with Gasteiger partial charge in [0.05, 0.1) is 11.9 Å². The second-order valence-corrected chi connectivity index (χ2v) is 7.00. The van der Waals surface area contributed by atoms with E-state index in [1.807, 2.05) is 13.2 Å². The molecule has 0 spiro atoms. The molecule has 1 N–H and O–H groups in total. The fourth-order valence-electron chi connectivity index (χ4n) is 3.41. The highest BCUT2D eigenvalue weighted by Gasteiger charge is 2.34. The monoisotopic (exact) mass is 403 g/mol. The highest BCUT2D eigenvalue weighted by Crippen LogP contribution is 2.31. The molecular weight excluding hydrogens is 383 g/mol. The molecular formula is C19H20F3N7. The molecule has 1 atom stereocenters. The van der Waals surface area contributed by atoms with Crippen molar-refractivity contribution in [1.29, 1.82) is 0 Å². The lowest BCUT2D eigenvalue weighted by Crippen LogP contribution is -2.42. The van der Waals surface area contributed by atoms with E-state index >= 15 is 0 Å². The average Bonchev–Trinajstić information content (AvgIpc) is 3.14. The Kier molecular flexibility index (Phi) is 5.08. The van der Waals surface area contributed by atoms with Crippen molar-refractivity contribution in [2.45, 2.75) is 25.1 Å². The predicted molar refractivity (Wildman–Crippen MR) is 102 cm³/mol. The van der Waals surface area contributed by atoms with Crippen LogP contribution in [0.3, 0.4) is 0 Å². The maximum atomic E-state index is 13.4. The lowest BCUT2D eigenvalue weighted by molar-refractivity contribution is -0.141. The minimum atomic E-state index is -4.56. The predicted octanol–water partition coefficient (Wildman–Crippen LogP) is 3.37. The number of rotatable bonds is 4. The van der Waals surface area contributed by atoms with Crippen LogP contribution in [0.25, 0.3) is 11.4 Å². The summed E-state index contributed by atoms with van der Waals surface area (Å²) in [6.07, 6.45) is 3.91. The first kappa shape index (κ1) is 19.2. The van der Waals surface area contributed by atoms with E-state index in [4.69, 9.17) is 0 Å². The number of alkyl halides is 3. The van der Waals surface area contributed by atoms with Crippen molar-refractivity contribution in [3.63, 3.8) is 0 Å². The van der Waals surface area contributed by atoms with Gasteiger partial charge in [0.15, 0.2) is 11.5 Å². The normalized spacial score (nSPS) is 17.4. The molecule has 0 amide bonds. The smallest absolute Gasteiger partial charge is 0.367 e. The molecule has 0 aliphatic carbocycles. The summed E-state index contributed by atoms with van der Waals surface area (Å²) in [5, 5.41) is 7.36. The third-order valence-electron chi connectivity index (χ3n) is 4.78. The number of aryl methyl sites for hydroxylation is 1. The Morgan fingerprint density at radius 3 is 2.66 bits per heavy atom. The summed E-state index contributed by atoms with van der Waals surface area (Å²) in [4.78, 5) is 14.1. The first-order valence-electron chi connectivity index (χ1n) is 9.25. The number of pyridine rings is 1. The highest BCUT2D eigenvalue weighted by atomic mass is 19.4. The maximum Gasteiger partial charge on any atom is 0.433 e. The van der Waals surface area contributed by atoms with Crippen LogP contribution in [0.2, 0.25) is 0 Å². The van der Waals surface area contributed by atoms with Crippen LogP contribution in [0.15, 0.2) is 43.0 Å². The average molecular weight is 403 g/mol. The number of hydrogen-bond acceptors (Lipinski definition) is 6. The third-order valence-corrected chi connectivity index (χ3v) is 4.78. The van der Waals surface area contributed by atoms with Gasteiger partial charge in [-0.2, -0.15) is 18.3 Å². The SMILES string of the molecule is Cn1cc(N2CCCC(Nc3cc(C(F)(F)F)nc(-c4ccncc4)n3)C2)cn1. The van der Waals surface area contributed by atoms with Crippen LogP contribution in [-0.2, 0) is 13.2 Å². The Morgan fingerprint density at radius 1 is 1.17 bits per heavy atom. The van der Waals surface area contributed by atoms with Crippen molar-refractivity contribution < 1.29 is 13.2 Å². The molecule has 1 aliphatic heterocycles. The van der Waals surface area contributed by atoms with Gasteiger partial charge in [-0.25, -0.2) is 9.97 Å². The Bertz CT molecular complexity index is 971. The zero-order valence-electron chi connectivity index (χ0n) is 15.8. The van der Waals surface area contributed by atoms with Gasteiger partial charge in [0.1, 0.15) is 5.82 Å². The van der Waals surface area contributed by atoms with Gasteiger partial charge in [0, 0.05) is 56.4 Å². The second kappa shape index (κ2) is 7.69. The van der Waals surface area contributed by atoms with E-state index in [-0.39, 0.29) is 17.7 Å². The van der Waals surface area contributed by atoms with Gasteiger partial charge in [-0.15, -0.1) is 0 Å². The van der Waals surface area contributed by atoms with Gasteiger partial charge in [-0.1, -0.05) is 0 Å². The molecule has 0 radical (unpaired) electrons. The number of nitrogens with zero attached hydrogens (tertiary/aromatic N) is 6. The minimum absolute atomic E-state index is 0.0182. The first-order chi connectivity index (χ1) is 13.9. The molecule has 1 aliphatic rings. The molecule has 4 heterocycles. The molecule has 1 unspecified atom stereocenters. The Balaban J connectivity index is 1.59. The molecule has 0 aromatic carbocycles. The van der Waals surface area contributed by atoms with Crippen molar-refractivity contribution in [3.8, 4) is 11.4 Å². The largest absolute Gasteiger partial charge is 0.433 e. The summed E-state index contributed by atoms with van der Waals surface area (Å²) in [7, 11) is 1.85. The standard InChI is InChI=1S/C19H20F3N7/c1-28-12-15(10-24-28)29-8-2-3-14(11-29)25-17-9-16(19(20,21)22)26-18(27-17)13-4-6-23-7-5-13/h4-7,9-10,12,14H,2-3,8,11H2,1H3,(H,25,26,27). The van der Waals surface area contributed by atoms with E-state index in [1.165, 1.54) is 12.4 Å². The Morgan fingerprint density at radius 2 is 1.97 bits per heavy atom. The van der Waals surface area contributed by atoms with E-state index in [0.717, 1.165) is 31.1 Å². The number of anilines is 2. The fourth-order valence-corrected chi connectivity index (χ4v) is 3.41. The van der Waals surface area contributed by atoms with E-state index < -0.39 is 11.9 Å². The molecule has 152 valence electrons. The van der Waals surface area contributed by atoms with Gasteiger partial charge >= 0.3 is 6.18 Å². The lowest BCUT2D eigenvalue weighted by Gasteiger charge is -2.34. The molecule has 10 heteroatoms. The van der Waals surface area contributed by atoms with Gasteiger partial charge in [-0.3, -0.25) is 9.67 Å². The van der Waals surface area contributed by atoms with Crippen molar-refractivity contribution in [2.24, 2.45) is 7.05 Å². The van der Waals surface area contributed by atoms with Crippen LogP contribution in [-0.4, -0.2) is 43.9 Å². The first-order valence-corrected chi connectivity index (χ1v) is 9.25. The summed E-state index contributed by atoms with van der Waals surface area (Å²) < 4.78 is 41.9. The number of aromatic nitrogens is 5. The summed E-state index contributed by atoms with van der Waals surface area (Å²) in [5.74, 6) is 0.182. The molecule has 0 bridgehead atoms. The quantitative estimate of drug-likeness (QED) is 0.720. The van der Waals surface area contributed by atoms with E-state index in [0.29, 0.717) is 12.1 Å². The molecule has 1 saturated heterocycles. The van der Waals surface area contributed by atoms with Crippen molar-refractivity contribution >= 4 is 11.5 Å². The fraction of sp³-hybridized carbons (Fsp3) is 0.368. The van der Waals surface area contributed by atoms with Crippen LogP contribution in [0.1, 0.15) is 18.5 Å². The van der Waals surface area contributed by atoms with Gasteiger partial charge in [-0.05, 0) is 25.0 Å². The molecule has 3 aromatic rings. The molecule has 29 heavy (non-hydrogen) atoms. The zero-order valence-corrected chi connectivity index (χ0v) is 15.8. The number of hydrogen-bond donors (Lipinski definition) is 1. The van der Waals surface area contributed by atoms with Crippen molar-refractivity contribution in [2.75, 3.05) is 23.3 Å². The van der Waals surface area contributed by atoms with Crippen molar-refractivity contribution in [1.82, 2.24) is 24.7 Å². The Labute approximate surface area is 165 Å². The van der Waals surface area contributed by atoms with Crippen molar-refractivity contribution in [3.05, 3.63) is 48.7 Å². The zero-order chi connectivity index (χ0) is 20.4. The van der Waals surface area contributed by atoms with Gasteiger partial charge in [0.25, 0.3) is 0 Å². The summed E-state index contributed by atoms with van der Waals surface area (Å²) in [5.41, 5.74) is 0.506. The molecule has 0 saturated carbocycles. The van der Waals surface area contributed by atoms with Gasteiger partial charge in [0.2, 0.25) is 0 Å². The third kappa shape index (κ3) is 4.47. The molecule has 7 nitrogen and oxygen atoms in total.